The topological polar surface area (TPSA) is 18.5 Å². The predicted octanol–water partition coefficient (Wildman–Crippen LogP) is 0.844. The Balaban J connectivity index is 2.72. The molecule has 0 amide bonds. The van der Waals surface area contributed by atoms with Gasteiger partial charge in [0.2, 0.25) is 0 Å². The second-order valence-electron chi connectivity index (χ2n) is 1.12. The Hall–Kier alpha value is 0.717. The highest BCUT2D eigenvalue weighted by Crippen LogP contribution is 1.95. The highest BCUT2D eigenvalue weighted by molar-refractivity contribution is 7.30. The van der Waals surface area contributed by atoms with Gasteiger partial charge in [-0.3, -0.25) is 0 Å². The fourth-order valence-corrected chi connectivity index (χ4v) is 1.03. The Morgan fingerprint density at radius 1 is 1.38 bits per heavy atom. The molecular weight excluding hydrogens is 167 g/mol. The van der Waals surface area contributed by atoms with Gasteiger partial charge in [0.15, 0.2) is 0 Å². The summed E-state index contributed by atoms with van der Waals surface area (Å²) in [6.45, 7) is 1.06. The van der Waals surface area contributed by atoms with E-state index in [1.165, 1.54) is 0 Å². The van der Waals surface area contributed by atoms with Crippen LogP contribution in [0.5, 0.6) is 0 Å². The van der Waals surface area contributed by atoms with Gasteiger partial charge in [-0.25, -0.2) is 0 Å². The maximum absolute atomic E-state index is 5.34. The average Bonchev–Trinajstić information content (AvgIpc) is 1.66. The summed E-state index contributed by atoms with van der Waals surface area (Å²) in [5, 5.41) is 0. The van der Waals surface area contributed by atoms with Crippen LogP contribution in [0.2, 0.25) is 0 Å². The zero-order chi connectivity index (χ0) is 6.41. The van der Waals surface area contributed by atoms with Crippen molar-refractivity contribution in [3.63, 3.8) is 0 Å². The third kappa shape index (κ3) is 6.72. The van der Waals surface area contributed by atoms with E-state index in [-0.39, 0.29) is 0 Å². The third-order valence-corrected chi connectivity index (χ3v) is 1.77. The van der Waals surface area contributed by atoms with Gasteiger partial charge >= 0.3 is 7.66 Å². The molecule has 5 heteroatoms. The molecule has 0 heterocycles. The highest BCUT2D eigenvalue weighted by Gasteiger charge is 1.98. The molecule has 0 aliphatic rings. The van der Waals surface area contributed by atoms with Gasteiger partial charge in [-0.05, 0) is 0 Å². The minimum absolute atomic E-state index is 0.500. The van der Waals surface area contributed by atoms with Crippen LogP contribution in [0.25, 0.3) is 0 Å². The summed E-state index contributed by atoms with van der Waals surface area (Å²) in [6, 6.07) is 0. The number of ether oxygens (including phenoxy) is 1. The standard InChI is InChI=1S/C3H8Cl2O2Si/c1-6-2-3-7-8(4)5/h8H,2-3H2,1H3. The van der Waals surface area contributed by atoms with E-state index in [2.05, 4.69) is 4.74 Å². The molecule has 0 atom stereocenters. The molecule has 50 valence electrons. The number of methoxy groups -OCH3 is 1. The van der Waals surface area contributed by atoms with Crippen molar-refractivity contribution in [1.82, 2.24) is 0 Å². The molecule has 0 aliphatic carbocycles. The summed E-state index contributed by atoms with van der Waals surface area (Å²) in [7, 11) is -0.238. The summed E-state index contributed by atoms with van der Waals surface area (Å²) in [6.07, 6.45) is 0. The van der Waals surface area contributed by atoms with Gasteiger partial charge in [-0.1, -0.05) is 0 Å². The molecule has 0 rings (SSSR count). The molecule has 0 aliphatic heterocycles. The fourth-order valence-electron chi connectivity index (χ4n) is 0.221. The molecule has 0 aromatic rings. The average molecular weight is 175 g/mol. The van der Waals surface area contributed by atoms with Crippen LogP contribution in [-0.2, 0) is 9.16 Å². The SMILES string of the molecule is COCCO[SiH](Cl)Cl. The lowest BCUT2D eigenvalue weighted by Gasteiger charge is -1.99. The molecular formula is C3H8Cl2O2Si. The van der Waals surface area contributed by atoms with Gasteiger partial charge < -0.3 is 9.16 Å². The Kier molecular flexibility index (Phi) is 6.37. The van der Waals surface area contributed by atoms with Crippen molar-refractivity contribution in [3.8, 4) is 0 Å². The van der Waals surface area contributed by atoms with Crippen molar-refractivity contribution in [1.29, 1.82) is 0 Å². The molecule has 0 aromatic carbocycles. The molecule has 0 saturated carbocycles. The molecule has 0 saturated heterocycles. The Morgan fingerprint density at radius 2 is 2.00 bits per heavy atom. The van der Waals surface area contributed by atoms with Crippen LogP contribution in [-0.4, -0.2) is 28.0 Å². The van der Waals surface area contributed by atoms with Crippen LogP contribution in [0, 0.1) is 0 Å². The third-order valence-electron chi connectivity index (χ3n) is 0.531. The zero-order valence-electron chi connectivity index (χ0n) is 4.56. The molecule has 0 N–H and O–H groups in total. The number of rotatable bonds is 4. The van der Waals surface area contributed by atoms with Crippen LogP contribution in [0.15, 0.2) is 0 Å². The monoisotopic (exact) mass is 174 g/mol. The van der Waals surface area contributed by atoms with Gasteiger partial charge in [-0.2, -0.15) is 0 Å². The molecule has 0 fully saturated rings. The van der Waals surface area contributed by atoms with Crippen molar-refractivity contribution in [3.05, 3.63) is 0 Å². The first kappa shape index (κ1) is 8.72. The van der Waals surface area contributed by atoms with E-state index in [1.807, 2.05) is 0 Å². The normalized spacial score (nSPS) is 10.5. The number of hydrogen-bond acceptors (Lipinski definition) is 2. The lowest BCUT2D eigenvalue weighted by atomic mass is 10.8. The van der Waals surface area contributed by atoms with Crippen molar-refractivity contribution in [2.75, 3.05) is 20.3 Å². The van der Waals surface area contributed by atoms with Gasteiger partial charge in [0.05, 0.1) is 13.2 Å². The van der Waals surface area contributed by atoms with Gasteiger partial charge in [0.25, 0.3) is 0 Å². The maximum atomic E-state index is 5.34. The van der Waals surface area contributed by atoms with Crippen molar-refractivity contribution in [2.24, 2.45) is 0 Å². The van der Waals surface area contributed by atoms with E-state index in [0.717, 1.165) is 0 Å². The van der Waals surface area contributed by atoms with Crippen molar-refractivity contribution < 1.29 is 9.16 Å². The predicted molar refractivity (Wildman–Crippen MR) is 36.7 cm³/mol. The van der Waals surface area contributed by atoms with Gasteiger partial charge in [0, 0.05) is 7.11 Å². The van der Waals surface area contributed by atoms with E-state index in [9.17, 15) is 0 Å². The lowest BCUT2D eigenvalue weighted by molar-refractivity contribution is 0.150. The van der Waals surface area contributed by atoms with E-state index >= 15 is 0 Å². The lowest BCUT2D eigenvalue weighted by Crippen LogP contribution is -2.07. The molecule has 0 spiro atoms. The Labute approximate surface area is 59.8 Å². The van der Waals surface area contributed by atoms with E-state index in [1.54, 1.807) is 7.11 Å². The Bertz CT molecular complexity index is 52.5. The van der Waals surface area contributed by atoms with Crippen LogP contribution < -0.4 is 0 Å². The summed E-state index contributed by atoms with van der Waals surface area (Å²) >= 11 is 10.7. The quantitative estimate of drug-likeness (QED) is 0.358. The van der Waals surface area contributed by atoms with Crippen LogP contribution in [0.3, 0.4) is 0 Å². The summed E-state index contributed by atoms with van der Waals surface area (Å²) in [5.74, 6) is 0. The summed E-state index contributed by atoms with van der Waals surface area (Å²) in [4.78, 5) is 0. The smallest absolute Gasteiger partial charge is 0.373 e. The highest BCUT2D eigenvalue weighted by atomic mass is 35.7. The molecule has 0 bridgehead atoms. The van der Waals surface area contributed by atoms with Gasteiger partial charge in [0.1, 0.15) is 0 Å². The first-order valence-electron chi connectivity index (χ1n) is 2.16. The molecule has 0 radical (unpaired) electrons. The second-order valence-corrected chi connectivity index (χ2v) is 5.03. The molecule has 0 unspecified atom stereocenters. The van der Waals surface area contributed by atoms with E-state index in [0.29, 0.717) is 13.2 Å². The molecule has 2 nitrogen and oxygen atoms in total. The zero-order valence-corrected chi connectivity index (χ0v) is 7.23. The van der Waals surface area contributed by atoms with Crippen LogP contribution >= 0.6 is 22.2 Å². The molecule has 8 heavy (non-hydrogen) atoms. The van der Waals surface area contributed by atoms with Crippen molar-refractivity contribution >= 4 is 29.8 Å². The van der Waals surface area contributed by atoms with Gasteiger partial charge in [-0.15, -0.1) is 22.2 Å². The minimum atomic E-state index is -1.84. The number of hydrogen-bond donors (Lipinski definition) is 0. The minimum Gasteiger partial charge on any atom is -0.392 e. The van der Waals surface area contributed by atoms with E-state index in [4.69, 9.17) is 26.6 Å². The van der Waals surface area contributed by atoms with Crippen LogP contribution in [0.4, 0.5) is 0 Å². The fraction of sp³-hybridized carbons (Fsp3) is 1.00. The van der Waals surface area contributed by atoms with E-state index < -0.39 is 7.66 Å². The first-order chi connectivity index (χ1) is 3.77. The number of halogens is 2. The van der Waals surface area contributed by atoms with Crippen LogP contribution in [0.1, 0.15) is 0 Å². The summed E-state index contributed by atoms with van der Waals surface area (Å²) in [5.41, 5.74) is 0. The first-order valence-corrected chi connectivity index (χ1v) is 6.12. The maximum Gasteiger partial charge on any atom is 0.373 e. The van der Waals surface area contributed by atoms with Crippen molar-refractivity contribution in [2.45, 2.75) is 0 Å². The largest absolute Gasteiger partial charge is 0.392 e. The second kappa shape index (κ2) is 5.85. The Morgan fingerprint density at radius 3 is 2.38 bits per heavy atom. The summed E-state index contributed by atoms with van der Waals surface area (Å²) < 4.78 is 9.50. The molecule has 0 aromatic heterocycles.